The standard InChI is InChI=1S/C23H35N5O2.3ClH/c29-18-17-26-15-13-25(14-16-26)10-4-11-27-9-3-6-21(19-27)23(30)24-28-12-8-20-5-1-2-7-22(20)28;;;/h1-2,5,7-8,12,21,29H,3-4,6,9-11,13-19H2,(H,24,30);3*1H. The van der Waals surface area contributed by atoms with Crippen LogP contribution in [-0.2, 0) is 4.79 Å². The average molecular weight is 523 g/mol. The number of halogens is 3. The van der Waals surface area contributed by atoms with Gasteiger partial charge in [-0.1, -0.05) is 18.2 Å². The Morgan fingerprint density at radius 2 is 1.58 bits per heavy atom. The molecular weight excluding hydrogens is 485 g/mol. The molecule has 2 N–H and O–H groups in total. The SMILES string of the molecule is Cl.Cl.Cl.O=C(Nn1ccc2ccccc21)C1CCCN(CCCN2CCN(CCO)CC2)C1. The Bertz CT molecular complexity index is 829. The number of carbonyl (C=O) groups excluding carboxylic acids is 1. The Kier molecular flexibility index (Phi) is 13.7. The molecule has 1 atom stereocenters. The fraction of sp³-hybridized carbons (Fsp3) is 0.609. The van der Waals surface area contributed by atoms with E-state index >= 15 is 0 Å². The molecule has 3 heterocycles. The van der Waals surface area contributed by atoms with E-state index in [4.69, 9.17) is 5.11 Å². The number of aromatic nitrogens is 1. The first-order valence-electron chi connectivity index (χ1n) is 11.4. The van der Waals surface area contributed by atoms with Crippen LogP contribution in [0.3, 0.4) is 0 Å². The molecule has 2 aromatic rings. The van der Waals surface area contributed by atoms with E-state index in [1.54, 1.807) is 0 Å². The van der Waals surface area contributed by atoms with E-state index in [2.05, 4.69) is 26.2 Å². The third-order valence-corrected chi connectivity index (χ3v) is 6.54. The number of rotatable bonds is 8. The van der Waals surface area contributed by atoms with E-state index in [0.717, 1.165) is 89.1 Å². The van der Waals surface area contributed by atoms with Gasteiger partial charge in [-0.3, -0.25) is 19.8 Å². The molecule has 1 amide bonds. The summed E-state index contributed by atoms with van der Waals surface area (Å²) in [6.45, 7) is 9.49. The van der Waals surface area contributed by atoms with Gasteiger partial charge in [-0.15, -0.1) is 37.2 Å². The molecule has 0 bridgehead atoms. The van der Waals surface area contributed by atoms with Crippen LogP contribution in [0.5, 0.6) is 0 Å². The van der Waals surface area contributed by atoms with Crippen LogP contribution in [0, 0.1) is 5.92 Å². The summed E-state index contributed by atoms with van der Waals surface area (Å²) >= 11 is 0. The lowest BCUT2D eigenvalue weighted by Crippen LogP contribution is -2.48. The summed E-state index contributed by atoms with van der Waals surface area (Å²) in [5, 5.41) is 10.2. The van der Waals surface area contributed by atoms with Crippen molar-refractivity contribution >= 4 is 54.0 Å². The normalized spacial score (nSPS) is 19.8. The molecule has 0 radical (unpaired) electrons. The van der Waals surface area contributed by atoms with Crippen LogP contribution in [0.4, 0.5) is 0 Å². The summed E-state index contributed by atoms with van der Waals surface area (Å²) in [7, 11) is 0. The van der Waals surface area contributed by atoms with Crippen molar-refractivity contribution < 1.29 is 9.90 Å². The van der Waals surface area contributed by atoms with Gasteiger partial charge in [0.05, 0.1) is 18.0 Å². The van der Waals surface area contributed by atoms with Crippen LogP contribution in [0.25, 0.3) is 10.9 Å². The molecule has 1 unspecified atom stereocenters. The van der Waals surface area contributed by atoms with Crippen molar-refractivity contribution in [3.8, 4) is 0 Å². The van der Waals surface area contributed by atoms with Crippen molar-refractivity contribution in [2.24, 2.45) is 5.92 Å². The zero-order chi connectivity index (χ0) is 20.8. The number of benzene rings is 1. The number of piperidine rings is 1. The van der Waals surface area contributed by atoms with Crippen LogP contribution < -0.4 is 5.43 Å². The Morgan fingerprint density at radius 1 is 0.909 bits per heavy atom. The van der Waals surface area contributed by atoms with Gasteiger partial charge in [0.2, 0.25) is 5.91 Å². The number of fused-ring (bicyclic) bond motifs is 1. The average Bonchev–Trinajstić information content (AvgIpc) is 3.18. The van der Waals surface area contributed by atoms with Crippen LogP contribution >= 0.6 is 37.2 Å². The Balaban J connectivity index is 0.00000181. The van der Waals surface area contributed by atoms with Crippen molar-refractivity contribution in [1.82, 2.24) is 19.4 Å². The van der Waals surface area contributed by atoms with Gasteiger partial charge in [0.25, 0.3) is 0 Å². The van der Waals surface area contributed by atoms with E-state index in [1.807, 2.05) is 35.1 Å². The van der Waals surface area contributed by atoms with Crippen molar-refractivity contribution in [2.45, 2.75) is 19.3 Å². The predicted molar refractivity (Wildman–Crippen MR) is 142 cm³/mol. The van der Waals surface area contributed by atoms with Crippen molar-refractivity contribution in [3.05, 3.63) is 36.5 Å². The number of amides is 1. The molecule has 7 nitrogen and oxygen atoms in total. The number of hydrogen-bond donors (Lipinski definition) is 2. The highest BCUT2D eigenvalue weighted by molar-refractivity contribution is 5.89. The molecule has 0 spiro atoms. The smallest absolute Gasteiger partial charge is 0.243 e. The molecular formula is C23H38Cl3N5O2. The van der Waals surface area contributed by atoms with E-state index in [9.17, 15) is 4.79 Å². The molecule has 2 aliphatic heterocycles. The predicted octanol–water partition coefficient (Wildman–Crippen LogP) is 2.69. The second kappa shape index (κ2) is 15.0. The second-order valence-corrected chi connectivity index (χ2v) is 8.62. The van der Waals surface area contributed by atoms with Crippen molar-refractivity contribution in [2.75, 3.05) is 70.9 Å². The number of aliphatic hydroxyl groups is 1. The van der Waals surface area contributed by atoms with Gasteiger partial charge in [-0.25, -0.2) is 0 Å². The number of carbonyl (C=O) groups is 1. The maximum atomic E-state index is 12.9. The van der Waals surface area contributed by atoms with Gasteiger partial charge in [0, 0.05) is 50.9 Å². The highest BCUT2D eigenvalue weighted by atomic mass is 35.5. The van der Waals surface area contributed by atoms with Crippen molar-refractivity contribution in [3.63, 3.8) is 0 Å². The van der Waals surface area contributed by atoms with E-state index in [-0.39, 0.29) is 55.7 Å². The molecule has 2 saturated heterocycles. The zero-order valence-electron chi connectivity index (χ0n) is 19.1. The van der Waals surface area contributed by atoms with Crippen LogP contribution in [-0.4, -0.2) is 95.9 Å². The fourth-order valence-electron chi connectivity index (χ4n) is 4.76. The summed E-state index contributed by atoms with van der Waals surface area (Å²) in [6.07, 6.45) is 5.14. The first-order chi connectivity index (χ1) is 14.7. The molecule has 188 valence electrons. The highest BCUT2D eigenvalue weighted by Gasteiger charge is 2.26. The zero-order valence-corrected chi connectivity index (χ0v) is 21.6. The topological polar surface area (TPSA) is 64.0 Å². The van der Waals surface area contributed by atoms with Gasteiger partial charge in [0.15, 0.2) is 0 Å². The molecule has 0 aliphatic carbocycles. The lowest BCUT2D eigenvalue weighted by atomic mass is 9.97. The largest absolute Gasteiger partial charge is 0.395 e. The first-order valence-corrected chi connectivity index (χ1v) is 11.4. The van der Waals surface area contributed by atoms with Crippen molar-refractivity contribution in [1.29, 1.82) is 0 Å². The maximum absolute atomic E-state index is 12.9. The second-order valence-electron chi connectivity index (χ2n) is 8.62. The minimum absolute atomic E-state index is 0. The molecule has 2 fully saturated rings. The Morgan fingerprint density at radius 3 is 2.30 bits per heavy atom. The number of aliphatic hydroxyl groups excluding tert-OH is 1. The Labute approximate surface area is 215 Å². The van der Waals surface area contributed by atoms with Gasteiger partial charge >= 0.3 is 0 Å². The van der Waals surface area contributed by atoms with E-state index in [0.29, 0.717) is 0 Å². The van der Waals surface area contributed by atoms with E-state index < -0.39 is 0 Å². The summed E-state index contributed by atoms with van der Waals surface area (Å²) in [6, 6.07) is 10.1. The summed E-state index contributed by atoms with van der Waals surface area (Å²) in [5.74, 6) is 0.183. The lowest BCUT2D eigenvalue weighted by Gasteiger charge is -2.35. The molecule has 10 heteroatoms. The lowest BCUT2D eigenvalue weighted by molar-refractivity contribution is -0.122. The Hall–Kier alpha value is -1.06. The van der Waals surface area contributed by atoms with Crippen LogP contribution in [0.1, 0.15) is 19.3 Å². The number of hydrogen-bond acceptors (Lipinski definition) is 5. The van der Waals surface area contributed by atoms with Gasteiger partial charge in [-0.2, -0.15) is 0 Å². The fourth-order valence-corrected chi connectivity index (χ4v) is 4.76. The first kappa shape index (κ1) is 30.0. The maximum Gasteiger partial charge on any atom is 0.243 e. The quantitative estimate of drug-likeness (QED) is 0.558. The summed E-state index contributed by atoms with van der Waals surface area (Å²) in [5.41, 5.74) is 4.14. The van der Waals surface area contributed by atoms with Crippen LogP contribution in [0.2, 0.25) is 0 Å². The molecule has 1 aromatic heterocycles. The number of piperazine rings is 1. The van der Waals surface area contributed by atoms with Gasteiger partial charge in [-0.05, 0) is 51.0 Å². The third-order valence-electron chi connectivity index (χ3n) is 6.54. The third kappa shape index (κ3) is 8.28. The number of β-amino-alcohol motifs (C(OH)–C–C–N with tert-alkyl or cyclic N) is 1. The molecule has 2 aliphatic rings. The highest BCUT2D eigenvalue weighted by Crippen LogP contribution is 2.19. The number of nitrogens with zero attached hydrogens (tertiary/aromatic N) is 4. The molecule has 1 aromatic carbocycles. The summed E-state index contributed by atoms with van der Waals surface area (Å²) < 4.78 is 1.85. The van der Waals surface area contributed by atoms with E-state index in [1.165, 1.54) is 0 Å². The van der Waals surface area contributed by atoms with Crippen LogP contribution in [0.15, 0.2) is 36.5 Å². The van der Waals surface area contributed by atoms with Gasteiger partial charge in [0.1, 0.15) is 0 Å². The molecule has 33 heavy (non-hydrogen) atoms. The number of likely N-dealkylation sites (tertiary alicyclic amines) is 1. The molecule has 0 saturated carbocycles. The summed E-state index contributed by atoms with van der Waals surface area (Å²) in [4.78, 5) is 20.2. The number of nitrogens with one attached hydrogen (secondary N) is 1. The monoisotopic (exact) mass is 521 g/mol. The minimum Gasteiger partial charge on any atom is -0.395 e. The number of para-hydroxylation sites is 1. The molecule has 4 rings (SSSR count). The van der Waals surface area contributed by atoms with Gasteiger partial charge < -0.3 is 14.9 Å². The minimum atomic E-state index is 0.